The van der Waals surface area contributed by atoms with E-state index in [4.69, 9.17) is 11.5 Å². The molecule has 2 heterocycles. The summed E-state index contributed by atoms with van der Waals surface area (Å²) in [5.74, 6) is -0.00831. The van der Waals surface area contributed by atoms with Crippen LogP contribution in [-0.2, 0) is 0 Å². The molecule has 0 atom stereocenters. The quantitative estimate of drug-likeness (QED) is 0.659. The Balaban J connectivity index is 2.36. The van der Waals surface area contributed by atoms with Crippen LogP contribution in [0, 0.1) is 5.82 Å². The maximum Gasteiger partial charge on any atom is 0.153 e. The average Bonchev–Trinajstić information content (AvgIpc) is 2.78. The molecule has 0 fully saturated rings. The number of benzene rings is 1. The summed E-state index contributed by atoms with van der Waals surface area (Å²) in [4.78, 5) is 4.05. The number of nitrogens with two attached hydrogens (primary N) is 2. The van der Waals surface area contributed by atoms with Gasteiger partial charge in [0.15, 0.2) is 5.82 Å². The number of thiophene rings is 1. The van der Waals surface area contributed by atoms with Crippen LogP contribution in [0.4, 0.5) is 15.9 Å². The second-order valence-electron chi connectivity index (χ2n) is 3.93. The minimum Gasteiger partial charge on any atom is -0.396 e. The predicted octanol–water partition coefficient (Wildman–Crippen LogP) is 3.27. The molecule has 0 aliphatic carbocycles. The molecule has 0 aliphatic rings. The van der Waals surface area contributed by atoms with Crippen molar-refractivity contribution in [3.8, 4) is 11.1 Å². The molecule has 5 heteroatoms. The second-order valence-corrected chi connectivity index (χ2v) is 4.84. The van der Waals surface area contributed by atoms with E-state index >= 15 is 0 Å². The second kappa shape index (κ2) is 3.96. The first-order valence-electron chi connectivity index (χ1n) is 5.34. The van der Waals surface area contributed by atoms with Crippen molar-refractivity contribution in [1.29, 1.82) is 0 Å². The van der Waals surface area contributed by atoms with Crippen LogP contribution in [0.2, 0.25) is 0 Å². The fourth-order valence-corrected chi connectivity index (χ4v) is 2.93. The topological polar surface area (TPSA) is 64.9 Å². The monoisotopic (exact) mass is 259 g/mol. The Labute approximate surface area is 107 Å². The zero-order valence-electron chi connectivity index (χ0n) is 9.35. The van der Waals surface area contributed by atoms with E-state index in [-0.39, 0.29) is 5.69 Å². The van der Waals surface area contributed by atoms with E-state index in [0.717, 1.165) is 15.6 Å². The minimum absolute atomic E-state index is 0.134. The van der Waals surface area contributed by atoms with Gasteiger partial charge in [0.05, 0.1) is 5.69 Å². The Morgan fingerprint density at radius 1 is 1.11 bits per heavy atom. The highest BCUT2D eigenvalue weighted by Crippen LogP contribution is 2.38. The van der Waals surface area contributed by atoms with E-state index in [1.807, 2.05) is 11.4 Å². The van der Waals surface area contributed by atoms with Crippen molar-refractivity contribution in [2.75, 3.05) is 11.5 Å². The van der Waals surface area contributed by atoms with Gasteiger partial charge in [-0.25, -0.2) is 9.37 Å². The first-order valence-corrected chi connectivity index (χ1v) is 6.22. The van der Waals surface area contributed by atoms with Crippen molar-refractivity contribution in [3.63, 3.8) is 0 Å². The van der Waals surface area contributed by atoms with Crippen molar-refractivity contribution >= 4 is 32.9 Å². The summed E-state index contributed by atoms with van der Waals surface area (Å²) in [7, 11) is 0. The van der Waals surface area contributed by atoms with Gasteiger partial charge in [0, 0.05) is 32.8 Å². The zero-order chi connectivity index (χ0) is 12.7. The van der Waals surface area contributed by atoms with Gasteiger partial charge in [0.25, 0.3) is 0 Å². The molecule has 3 aromatic rings. The van der Waals surface area contributed by atoms with Crippen molar-refractivity contribution in [2.45, 2.75) is 0 Å². The smallest absolute Gasteiger partial charge is 0.153 e. The third-order valence-electron chi connectivity index (χ3n) is 2.83. The maximum absolute atomic E-state index is 14.0. The number of hydrogen-bond donors (Lipinski definition) is 2. The number of rotatable bonds is 1. The lowest BCUT2D eigenvalue weighted by Gasteiger charge is -2.05. The highest BCUT2D eigenvalue weighted by atomic mass is 32.1. The number of nitrogen functional groups attached to an aromatic ring is 2. The van der Waals surface area contributed by atoms with Crippen molar-refractivity contribution in [3.05, 3.63) is 41.7 Å². The molecule has 0 spiro atoms. The van der Waals surface area contributed by atoms with Crippen LogP contribution >= 0.6 is 11.3 Å². The minimum atomic E-state index is -0.416. The van der Waals surface area contributed by atoms with Gasteiger partial charge in [-0.1, -0.05) is 12.1 Å². The summed E-state index contributed by atoms with van der Waals surface area (Å²) < 4.78 is 15.0. The van der Waals surface area contributed by atoms with E-state index < -0.39 is 5.82 Å². The Morgan fingerprint density at radius 2 is 1.94 bits per heavy atom. The lowest BCUT2D eigenvalue weighted by molar-refractivity contribution is 0.636. The van der Waals surface area contributed by atoms with E-state index in [1.54, 1.807) is 18.3 Å². The molecule has 90 valence electrons. The molecule has 0 radical (unpaired) electrons. The van der Waals surface area contributed by atoms with Crippen LogP contribution < -0.4 is 11.5 Å². The summed E-state index contributed by atoms with van der Waals surface area (Å²) in [5, 5.41) is 2.66. The van der Waals surface area contributed by atoms with E-state index in [0.29, 0.717) is 11.4 Å². The van der Waals surface area contributed by atoms with Crippen LogP contribution in [0.3, 0.4) is 0 Å². The SMILES string of the molecule is Nc1cccc(-c2csc3ccnc(N)c23)c1F. The number of pyridine rings is 1. The highest BCUT2D eigenvalue weighted by Gasteiger charge is 2.14. The Hall–Kier alpha value is -2.14. The molecular formula is C13H10FN3S. The van der Waals surface area contributed by atoms with Crippen LogP contribution in [-0.4, -0.2) is 4.98 Å². The molecule has 1 aromatic carbocycles. The normalized spacial score (nSPS) is 10.9. The van der Waals surface area contributed by atoms with E-state index in [9.17, 15) is 4.39 Å². The number of aromatic nitrogens is 1. The molecule has 0 saturated heterocycles. The van der Waals surface area contributed by atoms with Crippen LogP contribution in [0.25, 0.3) is 21.2 Å². The summed E-state index contributed by atoms with van der Waals surface area (Å²) in [6.45, 7) is 0. The van der Waals surface area contributed by atoms with Crippen LogP contribution in [0.5, 0.6) is 0 Å². The molecule has 3 nitrogen and oxygen atoms in total. The van der Waals surface area contributed by atoms with Crippen LogP contribution in [0.15, 0.2) is 35.8 Å². The third kappa shape index (κ3) is 1.52. The summed E-state index contributed by atoms with van der Waals surface area (Å²) in [5.41, 5.74) is 12.8. The van der Waals surface area contributed by atoms with Gasteiger partial charge in [-0.3, -0.25) is 0 Å². The third-order valence-corrected chi connectivity index (χ3v) is 3.78. The molecule has 2 aromatic heterocycles. The fourth-order valence-electron chi connectivity index (χ4n) is 1.97. The molecule has 0 bridgehead atoms. The summed E-state index contributed by atoms with van der Waals surface area (Å²) in [6, 6.07) is 6.82. The largest absolute Gasteiger partial charge is 0.396 e. The number of hydrogen-bond acceptors (Lipinski definition) is 4. The average molecular weight is 259 g/mol. The number of fused-ring (bicyclic) bond motifs is 1. The van der Waals surface area contributed by atoms with Gasteiger partial charge in [-0.2, -0.15) is 0 Å². The standard InChI is InChI=1S/C13H10FN3S/c14-12-7(2-1-3-9(12)15)8-6-18-10-4-5-17-13(16)11(8)10/h1-6H,15H2,(H2,16,17). The van der Waals surface area contributed by atoms with Crippen molar-refractivity contribution in [1.82, 2.24) is 4.98 Å². The van der Waals surface area contributed by atoms with Gasteiger partial charge in [0.2, 0.25) is 0 Å². The summed E-state index contributed by atoms with van der Waals surface area (Å²) in [6.07, 6.45) is 1.65. The van der Waals surface area contributed by atoms with Gasteiger partial charge >= 0.3 is 0 Å². The molecule has 18 heavy (non-hydrogen) atoms. The van der Waals surface area contributed by atoms with Crippen LogP contribution in [0.1, 0.15) is 0 Å². The highest BCUT2D eigenvalue weighted by molar-refractivity contribution is 7.17. The Kier molecular flexibility index (Phi) is 2.41. The molecule has 0 saturated carbocycles. The molecule has 0 amide bonds. The molecule has 0 aliphatic heterocycles. The number of anilines is 2. The van der Waals surface area contributed by atoms with Gasteiger partial charge < -0.3 is 11.5 Å². The number of halogens is 1. The lowest BCUT2D eigenvalue weighted by atomic mass is 10.0. The van der Waals surface area contributed by atoms with Gasteiger partial charge in [-0.05, 0) is 12.1 Å². The number of nitrogens with zero attached hydrogens (tertiary/aromatic N) is 1. The lowest BCUT2D eigenvalue weighted by Crippen LogP contribution is -1.94. The first kappa shape index (κ1) is 11.0. The summed E-state index contributed by atoms with van der Waals surface area (Å²) >= 11 is 1.51. The maximum atomic E-state index is 14.0. The fraction of sp³-hybridized carbons (Fsp3) is 0. The van der Waals surface area contributed by atoms with Gasteiger partial charge in [0.1, 0.15) is 5.82 Å². The van der Waals surface area contributed by atoms with Crippen molar-refractivity contribution < 1.29 is 4.39 Å². The predicted molar refractivity (Wildman–Crippen MR) is 73.8 cm³/mol. The Bertz CT molecular complexity index is 736. The van der Waals surface area contributed by atoms with Gasteiger partial charge in [-0.15, -0.1) is 11.3 Å². The van der Waals surface area contributed by atoms with E-state index in [1.165, 1.54) is 17.4 Å². The first-order chi connectivity index (χ1) is 8.68. The molecule has 3 rings (SSSR count). The molecular weight excluding hydrogens is 249 g/mol. The molecule has 4 N–H and O–H groups in total. The zero-order valence-corrected chi connectivity index (χ0v) is 10.2. The Morgan fingerprint density at radius 3 is 2.78 bits per heavy atom. The molecule has 0 unspecified atom stereocenters. The van der Waals surface area contributed by atoms with E-state index in [2.05, 4.69) is 4.98 Å². The van der Waals surface area contributed by atoms with Crippen molar-refractivity contribution in [2.24, 2.45) is 0 Å².